The lowest BCUT2D eigenvalue weighted by Gasteiger charge is -2.04. The predicted molar refractivity (Wildman–Crippen MR) is 68.9 cm³/mol. The van der Waals surface area contributed by atoms with Crippen LogP contribution < -0.4 is 5.73 Å². The number of thiazole rings is 1. The number of nitrogens with zero attached hydrogens (tertiary/aromatic N) is 3. The molecule has 0 aliphatic rings. The van der Waals surface area contributed by atoms with Crippen molar-refractivity contribution in [2.45, 2.75) is 6.42 Å². The summed E-state index contributed by atoms with van der Waals surface area (Å²) >= 11 is 1.60. The molecule has 3 aromatic rings. The van der Waals surface area contributed by atoms with E-state index < -0.39 is 0 Å². The largest absolute Gasteiger partial charge is 0.382 e. The fraction of sp³-hybridized carbons (Fsp3) is 0.0833. The zero-order valence-corrected chi connectivity index (χ0v) is 9.81. The summed E-state index contributed by atoms with van der Waals surface area (Å²) < 4.78 is 0. The van der Waals surface area contributed by atoms with Gasteiger partial charge in [0.2, 0.25) is 0 Å². The minimum absolute atomic E-state index is 0.485. The van der Waals surface area contributed by atoms with Crippen molar-refractivity contribution in [3.05, 3.63) is 46.5 Å². The number of aromatic nitrogens is 3. The predicted octanol–water partition coefficient (Wildman–Crippen LogP) is 2.26. The van der Waals surface area contributed by atoms with Crippen LogP contribution in [0.15, 0.2) is 35.8 Å². The van der Waals surface area contributed by atoms with Gasteiger partial charge in [0, 0.05) is 18.0 Å². The third kappa shape index (κ3) is 1.97. The second-order valence-electron chi connectivity index (χ2n) is 3.65. The first-order valence-corrected chi connectivity index (χ1v) is 6.10. The quantitative estimate of drug-likeness (QED) is 0.748. The highest BCUT2D eigenvalue weighted by Crippen LogP contribution is 2.18. The second-order valence-corrected chi connectivity index (χ2v) is 4.63. The van der Waals surface area contributed by atoms with Crippen LogP contribution in [-0.2, 0) is 6.42 Å². The molecule has 2 N–H and O–H groups in total. The van der Waals surface area contributed by atoms with Gasteiger partial charge >= 0.3 is 0 Å². The molecule has 0 fully saturated rings. The number of anilines is 1. The summed E-state index contributed by atoms with van der Waals surface area (Å²) in [6, 6.07) is 7.72. The van der Waals surface area contributed by atoms with Crippen LogP contribution in [-0.4, -0.2) is 15.0 Å². The number of fused-ring (bicyclic) bond motifs is 1. The molecule has 84 valence electrons. The maximum absolute atomic E-state index is 5.91. The molecule has 5 heteroatoms. The molecule has 4 nitrogen and oxygen atoms in total. The third-order valence-corrected chi connectivity index (χ3v) is 3.26. The molecule has 0 unspecified atom stereocenters. The van der Waals surface area contributed by atoms with Crippen molar-refractivity contribution < 1.29 is 0 Å². The SMILES string of the molecule is Nc1nc2ccccc2nc1Cc1nccs1. The molecule has 0 saturated carbocycles. The second kappa shape index (κ2) is 4.10. The average Bonchev–Trinajstić information content (AvgIpc) is 2.83. The van der Waals surface area contributed by atoms with E-state index in [9.17, 15) is 0 Å². The molecule has 0 radical (unpaired) electrons. The Morgan fingerprint density at radius 3 is 2.59 bits per heavy atom. The van der Waals surface area contributed by atoms with Crippen molar-refractivity contribution in [2.24, 2.45) is 0 Å². The Balaban J connectivity index is 2.07. The zero-order valence-electron chi connectivity index (χ0n) is 9.00. The number of nitrogens with two attached hydrogens (primary N) is 1. The summed E-state index contributed by atoms with van der Waals surface area (Å²) in [6.07, 6.45) is 2.42. The van der Waals surface area contributed by atoms with E-state index in [2.05, 4.69) is 15.0 Å². The molecule has 0 saturated heterocycles. The van der Waals surface area contributed by atoms with Gasteiger partial charge in [-0.3, -0.25) is 0 Å². The van der Waals surface area contributed by atoms with Crippen molar-refractivity contribution in [1.82, 2.24) is 15.0 Å². The van der Waals surface area contributed by atoms with Crippen molar-refractivity contribution in [1.29, 1.82) is 0 Å². The van der Waals surface area contributed by atoms with Crippen LogP contribution in [0.3, 0.4) is 0 Å². The molecule has 2 heterocycles. The van der Waals surface area contributed by atoms with Gasteiger partial charge in [0.05, 0.1) is 21.7 Å². The Labute approximate surface area is 102 Å². The molecule has 3 rings (SSSR count). The standard InChI is InChI=1S/C12H10N4S/c13-12-10(7-11-14-5-6-17-11)15-8-3-1-2-4-9(8)16-12/h1-6H,7H2,(H2,13,16). The van der Waals surface area contributed by atoms with Gasteiger partial charge in [-0.15, -0.1) is 11.3 Å². The lowest BCUT2D eigenvalue weighted by molar-refractivity contribution is 1.05. The smallest absolute Gasteiger partial charge is 0.146 e. The first kappa shape index (κ1) is 10.2. The fourth-order valence-corrected chi connectivity index (χ4v) is 2.28. The van der Waals surface area contributed by atoms with E-state index in [1.165, 1.54) is 0 Å². The normalized spacial score (nSPS) is 10.8. The minimum Gasteiger partial charge on any atom is -0.382 e. The Bertz CT molecular complexity index is 649. The summed E-state index contributed by atoms with van der Waals surface area (Å²) in [6.45, 7) is 0. The van der Waals surface area contributed by atoms with Gasteiger partial charge in [-0.1, -0.05) is 12.1 Å². The van der Waals surface area contributed by atoms with Gasteiger partial charge < -0.3 is 5.73 Å². The van der Waals surface area contributed by atoms with E-state index in [4.69, 9.17) is 5.73 Å². The maximum Gasteiger partial charge on any atom is 0.146 e. The lowest BCUT2D eigenvalue weighted by atomic mass is 10.2. The van der Waals surface area contributed by atoms with E-state index in [0.717, 1.165) is 21.7 Å². The molecule has 0 atom stereocenters. The molecule has 2 aromatic heterocycles. The summed E-state index contributed by atoms with van der Waals surface area (Å²) in [5.41, 5.74) is 8.39. The van der Waals surface area contributed by atoms with Gasteiger partial charge in [-0.05, 0) is 12.1 Å². The van der Waals surface area contributed by atoms with Crippen LogP contribution in [0.25, 0.3) is 11.0 Å². The van der Waals surface area contributed by atoms with Crippen LogP contribution in [0.5, 0.6) is 0 Å². The van der Waals surface area contributed by atoms with Crippen LogP contribution in [0.4, 0.5) is 5.82 Å². The Hall–Kier alpha value is -2.01. The topological polar surface area (TPSA) is 64.7 Å². The summed E-state index contributed by atoms with van der Waals surface area (Å²) in [4.78, 5) is 13.1. The summed E-state index contributed by atoms with van der Waals surface area (Å²) in [7, 11) is 0. The molecular weight excluding hydrogens is 232 g/mol. The molecule has 0 amide bonds. The van der Waals surface area contributed by atoms with E-state index in [1.807, 2.05) is 29.6 Å². The van der Waals surface area contributed by atoms with Crippen molar-refractivity contribution in [2.75, 3.05) is 5.73 Å². The van der Waals surface area contributed by atoms with E-state index in [-0.39, 0.29) is 0 Å². The Morgan fingerprint density at radius 2 is 1.88 bits per heavy atom. The first-order valence-electron chi connectivity index (χ1n) is 5.22. The number of hydrogen-bond donors (Lipinski definition) is 1. The van der Waals surface area contributed by atoms with Crippen LogP contribution in [0, 0.1) is 0 Å². The number of nitrogen functional groups attached to an aromatic ring is 1. The molecule has 1 aromatic carbocycles. The molecule has 17 heavy (non-hydrogen) atoms. The number of benzene rings is 1. The fourth-order valence-electron chi connectivity index (χ4n) is 1.66. The minimum atomic E-state index is 0.485. The Kier molecular flexibility index (Phi) is 2.45. The van der Waals surface area contributed by atoms with E-state index in [0.29, 0.717) is 12.2 Å². The van der Waals surface area contributed by atoms with E-state index in [1.54, 1.807) is 17.5 Å². The summed E-state index contributed by atoms with van der Waals surface area (Å²) in [5, 5.41) is 2.95. The first-order chi connectivity index (χ1) is 8.33. The lowest BCUT2D eigenvalue weighted by Crippen LogP contribution is -2.02. The van der Waals surface area contributed by atoms with Crippen LogP contribution in [0.1, 0.15) is 10.7 Å². The van der Waals surface area contributed by atoms with Crippen LogP contribution >= 0.6 is 11.3 Å². The molecule has 0 aliphatic carbocycles. The number of hydrogen-bond acceptors (Lipinski definition) is 5. The third-order valence-electron chi connectivity index (χ3n) is 2.48. The molecular formula is C12H10N4S. The van der Waals surface area contributed by atoms with Crippen molar-refractivity contribution in [3.63, 3.8) is 0 Å². The maximum atomic E-state index is 5.91. The number of para-hydroxylation sites is 2. The highest BCUT2D eigenvalue weighted by molar-refractivity contribution is 7.09. The highest BCUT2D eigenvalue weighted by Gasteiger charge is 2.07. The molecule has 0 bridgehead atoms. The Morgan fingerprint density at radius 1 is 1.12 bits per heavy atom. The average molecular weight is 242 g/mol. The highest BCUT2D eigenvalue weighted by atomic mass is 32.1. The van der Waals surface area contributed by atoms with Gasteiger partial charge in [0.1, 0.15) is 5.82 Å². The van der Waals surface area contributed by atoms with E-state index >= 15 is 0 Å². The van der Waals surface area contributed by atoms with Gasteiger partial charge in [0.25, 0.3) is 0 Å². The molecule has 0 spiro atoms. The van der Waals surface area contributed by atoms with Crippen LogP contribution in [0.2, 0.25) is 0 Å². The van der Waals surface area contributed by atoms with Gasteiger partial charge in [-0.2, -0.15) is 0 Å². The zero-order chi connectivity index (χ0) is 11.7. The summed E-state index contributed by atoms with van der Waals surface area (Å²) in [5.74, 6) is 0.485. The van der Waals surface area contributed by atoms with Gasteiger partial charge in [-0.25, -0.2) is 15.0 Å². The van der Waals surface area contributed by atoms with Crippen molar-refractivity contribution in [3.8, 4) is 0 Å². The number of rotatable bonds is 2. The molecule has 0 aliphatic heterocycles. The van der Waals surface area contributed by atoms with Crippen molar-refractivity contribution >= 4 is 28.2 Å². The van der Waals surface area contributed by atoms with Gasteiger partial charge in [0.15, 0.2) is 0 Å². The monoisotopic (exact) mass is 242 g/mol.